The van der Waals surface area contributed by atoms with Gasteiger partial charge in [0.2, 0.25) is 0 Å². The molecule has 0 radical (unpaired) electrons. The van der Waals surface area contributed by atoms with E-state index in [9.17, 15) is 4.79 Å². The van der Waals surface area contributed by atoms with Gasteiger partial charge in [0, 0.05) is 6.54 Å². The summed E-state index contributed by atoms with van der Waals surface area (Å²) < 4.78 is 1.74. The highest BCUT2D eigenvalue weighted by Crippen LogP contribution is 2.07. The van der Waals surface area contributed by atoms with Gasteiger partial charge in [0.25, 0.3) is 5.56 Å². The minimum absolute atomic E-state index is 0.0694. The Morgan fingerprint density at radius 1 is 1.33 bits per heavy atom. The van der Waals surface area contributed by atoms with E-state index in [1.165, 1.54) is 0 Å². The maximum Gasteiger partial charge on any atom is 0.261 e. The zero-order valence-electron chi connectivity index (χ0n) is 9.03. The highest BCUT2D eigenvalue weighted by molar-refractivity contribution is 5.77. The summed E-state index contributed by atoms with van der Waals surface area (Å²) in [6.07, 6.45) is 0.945. The SMILES string of the molecule is CCCn1c(C)nc2ccccc2c1=O. The Kier molecular flexibility index (Phi) is 2.54. The van der Waals surface area contributed by atoms with E-state index in [1.54, 1.807) is 4.57 Å². The van der Waals surface area contributed by atoms with Crippen LogP contribution in [0.15, 0.2) is 29.1 Å². The van der Waals surface area contributed by atoms with Crippen molar-refractivity contribution in [1.29, 1.82) is 0 Å². The molecule has 1 aromatic carbocycles. The molecule has 78 valence electrons. The van der Waals surface area contributed by atoms with Gasteiger partial charge in [-0.1, -0.05) is 19.1 Å². The molecule has 1 heterocycles. The molecule has 3 heteroatoms. The molecule has 0 aliphatic rings. The van der Waals surface area contributed by atoms with Crippen molar-refractivity contribution < 1.29 is 0 Å². The summed E-state index contributed by atoms with van der Waals surface area (Å²) in [5, 5.41) is 0.705. The zero-order chi connectivity index (χ0) is 10.8. The van der Waals surface area contributed by atoms with Crippen molar-refractivity contribution in [2.75, 3.05) is 0 Å². The Bertz CT molecular complexity index is 543. The van der Waals surface area contributed by atoms with Crippen molar-refractivity contribution in [1.82, 2.24) is 9.55 Å². The molecule has 0 fully saturated rings. The number of aromatic nitrogens is 2. The molecule has 1 aromatic heterocycles. The number of aryl methyl sites for hydroxylation is 1. The van der Waals surface area contributed by atoms with Crippen LogP contribution in [-0.4, -0.2) is 9.55 Å². The van der Waals surface area contributed by atoms with Gasteiger partial charge in [0.1, 0.15) is 5.82 Å². The largest absolute Gasteiger partial charge is 0.296 e. The Hall–Kier alpha value is -1.64. The summed E-state index contributed by atoms with van der Waals surface area (Å²) in [5.74, 6) is 0.792. The number of para-hydroxylation sites is 1. The minimum atomic E-state index is 0.0694. The smallest absolute Gasteiger partial charge is 0.261 e. The van der Waals surface area contributed by atoms with E-state index in [2.05, 4.69) is 11.9 Å². The predicted molar refractivity (Wildman–Crippen MR) is 61.0 cm³/mol. The van der Waals surface area contributed by atoms with Crippen LogP contribution < -0.4 is 5.56 Å². The molecule has 0 unspecified atom stereocenters. The normalized spacial score (nSPS) is 10.8. The van der Waals surface area contributed by atoms with Crippen LogP contribution in [0.1, 0.15) is 19.2 Å². The van der Waals surface area contributed by atoms with Gasteiger partial charge in [-0.2, -0.15) is 0 Å². The summed E-state index contributed by atoms with van der Waals surface area (Å²) in [4.78, 5) is 16.5. The third-order valence-electron chi connectivity index (χ3n) is 2.50. The van der Waals surface area contributed by atoms with E-state index in [0.717, 1.165) is 24.3 Å². The summed E-state index contributed by atoms with van der Waals surface area (Å²) in [6, 6.07) is 7.48. The monoisotopic (exact) mass is 202 g/mol. The molecule has 0 N–H and O–H groups in total. The fourth-order valence-electron chi connectivity index (χ4n) is 1.77. The minimum Gasteiger partial charge on any atom is -0.296 e. The van der Waals surface area contributed by atoms with Crippen LogP contribution in [0.25, 0.3) is 10.9 Å². The highest BCUT2D eigenvalue weighted by atomic mass is 16.1. The molecule has 0 aliphatic heterocycles. The number of fused-ring (bicyclic) bond motifs is 1. The third-order valence-corrected chi connectivity index (χ3v) is 2.50. The first-order valence-corrected chi connectivity index (χ1v) is 5.20. The average Bonchev–Trinajstić information content (AvgIpc) is 2.24. The van der Waals surface area contributed by atoms with Crippen LogP contribution in [0, 0.1) is 6.92 Å². The van der Waals surface area contributed by atoms with Crippen LogP contribution in [0.5, 0.6) is 0 Å². The molecular weight excluding hydrogens is 188 g/mol. The molecule has 2 aromatic rings. The molecule has 3 nitrogen and oxygen atoms in total. The van der Waals surface area contributed by atoms with Gasteiger partial charge >= 0.3 is 0 Å². The van der Waals surface area contributed by atoms with Crippen molar-refractivity contribution in [3.63, 3.8) is 0 Å². The van der Waals surface area contributed by atoms with Gasteiger partial charge in [0.05, 0.1) is 10.9 Å². The zero-order valence-corrected chi connectivity index (χ0v) is 9.03. The van der Waals surface area contributed by atoms with Crippen molar-refractivity contribution in [2.24, 2.45) is 0 Å². The molecule has 0 saturated carbocycles. The second-order valence-corrected chi connectivity index (χ2v) is 3.63. The van der Waals surface area contributed by atoms with E-state index in [-0.39, 0.29) is 5.56 Å². The number of hydrogen-bond acceptors (Lipinski definition) is 2. The van der Waals surface area contributed by atoms with Crippen molar-refractivity contribution in [3.8, 4) is 0 Å². The van der Waals surface area contributed by atoms with Crippen LogP contribution >= 0.6 is 0 Å². The number of hydrogen-bond donors (Lipinski definition) is 0. The first kappa shape index (κ1) is 9.90. The Morgan fingerprint density at radius 2 is 2.07 bits per heavy atom. The van der Waals surface area contributed by atoms with E-state index in [0.29, 0.717) is 5.39 Å². The molecular formula is C12H14N2O. The molecule has 0 saturated heterocycles. The van der Waals surface area contributed by atoms with Gasteiger partial charge in [-0.15, -0.1) is 0 Å². The van der Waals surface area contributed by atoms with E-state index in [1.807, 2.05) is 31.2 Å². The predicted octanol–water partition coefficient (Wildman–Crippen LogP) is 2.11. The molecule has 0 amide bonds. The third kappa shape index (κ3) is 1.65. The van der Waals surface area contributed by atoms with Gasteiger partial charge in [0.15, 0.2) is 0 Å². The van der Waals surface area contributed by atoms with E-state index in [4.69, 9.17) is 0 Å². The second kappa shape index (κ2) is 3.85. The Balaban J connectivity index is 2.78. The number of nitrogens with zero attached hydrogens (tertiary/aromatic N) is 2. The lowest BCUT2D eigenvalue weighted by Gasteiger charge is -2.08. The Morgan fingerprint density at radius 3 is 2.80 bits per heavy atom. The van der Waals surface area contributed by atoms with Gasteiger partial charge in [-0.3, -0.25) is 9.36 Å². The first-order chi connectivity index (χ1) is 7.24. The Labute approximate surface area is 88.4 Å². The lowest BCUT2D eigenvalue weighted by atomic mass is 10.2. The number of rotatable bonds is 2. The molecule has 2 rings (SSSR count). The standard InChI is InChI=1S/C12H14N2O/c1-3-8-14-9(2)13-11-7-5-4-6-10(11)12(14)15/h4-7H,3,8H2,1-2H3. The lowest BCUT2D eigenvalue weighted by molar-refractivity contribution is 0.625. The van der Waals surface area contributed by atoms with E-state index >= 15 is 0 Å². The lowest BCUT2D eigenvalue weighted by Crippen LogP contribution is -2.23. The maximum atomic E-state index is 12.1. The van der Waals surface area contributed by atoms with Gasteiger partial charge < -0.3 is 0 Å². The quantitative estimate of drug-likeness (QED) is 0.747. The summed E-state index contributed by atoms with van der Waals surface area (Å²) in [7, 11) is 0. The van der Waals surface area contributed by atoms with Crippen molar-refractivity contribution in [2.45, 2.75) is 26.8 Å². The first-order valence-electron chi connectivity index (χ1n) is 5.20. The van der Waals surface area contributed by atoms with Crippen molar-refractivity contribution in [3.05, 3.63) is 40.4 Å². The fourth-order valence-corrected chi connectivity index (χ4v) is 1.77. The summed E-state index contributed by atoms with van der Waals surface area (Å²) >= 11 is 0. The summed E-state index contributed by atoms with van der Waals surface area (Å²) in [5.41, 5.74) is 0.854. The molecule has 0 aliphatic carbocycles. The van der Waals surface area contributed by atoms with Gasteiger partial charge in [-0.05, 0) is 25.5 Å². The van der Waals surface area contributed by atoms with Crippen LogP contribution in [0.2, 0.25) is 0 Å². The average molecular weight is 202 g/mol. The molecule has 15 heavy (non-hydrogen) atoms. The van der Waals surface area contributed by atoms with E-state index < -0.39 is 0 Å². The maximum absolute atomic E-state index is 12.1. The van der Waals surface area contributed by atoms with Crippen LogP contribution in [-0.2, 0) is 6.54 Å². The fraction of sp³-hybridized carbons (Fsp3) is 0.333. The van der Waals surface area contributed by atoms with Gasteiger partial charge in [-0.25, -0.2) is 4.98 Å². The van der Waals surface area contributed by atoms with Crippen molar-refractivity contribution >= 4 is 10.9 Å². The molecule has 0 spiro atoms. The highest BCUT2D eigenvalue weighted by Gasteiger charge is 2.05. The topological polar surface area (TPSA) is 34.9 Å². The van der Waals surface area contributed by atoms with Crippen LogP contribution in [0.4, 0.5) is 0 Å². The number of benzene rings is 1. The second-order valence-electron chi connectivity index (χ2n) is 3.63. The summed E-state index contributed by atoms with van der Waals surface area (Å²) in [6.45, 7) is 4.67. The molecule has 0 atom stereocenters. The van der Waals surface area contributed by atoms with Crippen LogP contribution in [0.3, 0.4) is 0 Å². The molecule has 0 bridgehead atoms.